The molecule has 1 amide bonds. The van der Waals surface area contributed by atoms with Gasteiger partial charge in [0.2, 0.25) is 0 Å². The number of carbonyl (C=O) groups is 1. The fourth-order valence-electron chi connectivity index (χ4n) is 3.79. The molecule has 0 radical (unpaired) electrons. The molecule has 1 aromatic carbocycles. The zero-order valence-corrected chi connectivity index (χ0v) is 17.0. The topological polar surface area (TPSA) is 88.9 Å². The molecule has 8 heteroatoms. The molecular formula is C21H26N6O2. The fourth-order valence-corrected chi connectivity index (χ4v) is 3.79. The van der Waals surface area contributed by atoms with Gasteiger partial charge in [0.05, 0.1) is 18.3 Å². The van der Waals surface area contributed by atoms with Crippen molar-refractivity contribution in [1.29, 1.82) is 0 Å². The van der Waals surface area contributed by atoms with Crippen LogP contribution in [0.1, 0.15) is 62.0 Å². The smallest absolute Gasteiger partial charge is 0.272 e. The molecule has 4 rings (SSSR count). The van der Waals surface area contributed by atoms with Gasteiger partial charge in [-0.05, 0) is 63.9 Å². The molecule has 0 aliphatic carbocycles. The van der Waals surface area contributed by atoms with Crippen molar-refractivity contribution >= 4 is 5.91 Å². The lowest BCUT2D eigenvalue weighted by Gasteiger charge is -2.24. The highest BCUT2D eigenvalue weighted by molar-refractivity contribution is 5.93. The van der Waals surface area contributed by atoms with Gasteiger partial charge in [-0.2, -0.15) is 5.10 Å². The number of rotatable bonds is 6. The van der Waals surface area contributed by atoms with Crippen molar-refractivity contribution in [3.05, 3.63) is 48.2 Å². The second-order valence-electron chi connectivity index (χ2n) is 7.47. The van der Waals surface area contributed by atoms with E-state index in [9.17, 15) is 4.79 Å². The number of carbonyl (C=O) groups excluding carboxylic acids is 1. The lowest BCUT2D eigenvalue weighted by atomic mass is 10.1. The average molecular weight is 394 g/mol. The minimum absolute atomic E-state index is 0.0597. The second-order valence-corrected chi connectivity index (χ2v) is 7.47. The Labute approximate surface area is 169 Å². The maximum absolute atomic E-state index is 13.2. The third-order valence-corrected chi connectivity index (χ3v) is 5.24. The minimum Gasteiger partial charge on any atom is -0.494 e. The van der Waals surface area contributed by atoms with Gasteiger partial charge < -0.3 is 14.2 Å². The standard InChI is InChI=1S/C21H26N6O2/c1-4-29-16-9-7-15(8-10-16)17-12-18(24-23-17)21(28)26-11-5-6-19(26)20-25-22-13-27(20)14(2)3/h7-10,12-14,19H,4-6,11H2,1-3H3,(H,23,24). The second kappa shape index (κ2) is 8.06. The number of nitrogens with zero attached hydrogens (tertiary/aromatic N) is 5. The molecule has 0 spiro atoms. The molecule has 1 atom stereocenters. The Bertz CT molecular complexity index is 975. The lowest BCUT2D eigenvalue weighted by molar-refractivity contribution is 0.0720. The number of ether oxygens (including phenoxy) is 1. The van der Waals surface area contributed by atoms with Crippen LogP contribution in [0.3, 0.4) is 0 Å². The van der Waals surface area contributed by atoms with Crippen LogP contribution >= 0.6 is 0 Å². The number of H-pyrrole nitrogens is 1. The number of aromatic nitrogens is 5. The van der Waals surface area contributed by atoms with Crippen molar-refractivity contribution in [2.75, 3.05) is 13.2 Å². The quantitative estimate of drug-likeness (QED) is 0.690. The van der Waals surface area contributed by atoms with Crippen LogP contribution in [0.4, 0.5) is 0 Å². The molecule has 152 valence electrons. The van der Waals surface area contributed by atoms with E-state index in [-0.39, 0.29) is 18.0 Å². The summed E-state index contributed by atoms with van der Waals surface area (Å²) < 4.78 is 7.52. The maximum atomic E-state index is 13.2. The third-order valence-electron chi connectivity index (χ3n) is 5.24. The van der Waals surface area contributed by atoms with Crippen LogP contribution in [-0.2, 0) is 0 Å². The molecule has 3 heterocycles. The number of amides is 1. The number of benzene rings is 1. The van der Waals surface area contributed by atoms with Gasteiger partial charge in [0.1, 0.15) is 17.8 Å². The summed E-state index contributed by atoms with van der Waals surface area (Å²) in [7, 11) is 0. The predicted octanol–water partition coefficient (Wildman–Crippen LogP) is 3.63. The molecule has 1 unspecified atom stereocenters. The molecule has 0 bridgehead atoms. The molecule has 1 N–H and O–H groups in total. The highest BCUT2D eigenvalue weighted by Gasteiger charge is 2.34. The first-order valence-corrected chi connectivity index (χ1v) is 10.1. The first-order valence-electron chi connectivity index (χ1n) is 10.1. The van der Waals surface area contributed by atoms with Crippen LogP contribution in [0.25, 0.3) is 11.3 Å². The summed E-state index contributed by atoms with van der Waals surface area (Å²) in [6, 6.07) is 9.69. The Kier molecular flexibility index (Phi) is 5.33. The zero-order chi connectivity index (χ0) is 20.4. The molecule has 1 fully saturated rings. The van der Waals surface area contributed by atoms with Gasteiger partial charge in [-0.15, -0.1) is 10.2 Å². The van der Waals surface area contributed by atoms with Gasteiger partial charge in [0.25, 0.3) is 5.91 Å². The van der Waals surface area contributed by atoms with E-state index in [2.05, 4.69) is 34.2 Å². The highest BCUT2D eigenvalue weighted by Crippen LogP contribution is 2.33. The van der Waals surface area contributed by atoms with Crippen molar-refractivity contribution in [1.82, 2.24) is 29.9 Å². The monoisotopic (exact) mass is 394 g/mol. The van der Waals surface area contributed by atoms with Gasteiger partial charge in [0, 0.05) is 18.2 Å². The van der Waals surface area contributed by atoms with Gasteiger partial charge in [0.15, 0.2) is 5.82 Å². The van der Waals surface area contributed by atoms with Crippen molar-refractivity contribution < 1.29 is 9.53 Å². The van der Waals surface area contributed by atoms with Crippen molar-refractivity contribution in [3.63, 3.8) is 0 Å². The first kappa shape index (κ1) is 19.2. The summed E-state index contributed by atoms with van der Waals surface area (Å²) in [4.78, 5) is 15.1. The summed E-state index contributed by atoms with van der Waals surface area (Å²) in [5.74, 6) is 1.60. The fraction of sp³-hybridized carbons (Fsp3) is 0.429. The molecule has 0 saturated carbocycles. The Morgan fingerprint density at radius 3 is 2.83 bits per heavy atom. The summed E-state index contributed by atoms with van der Waals surface area (Å²) in [6.07, 6.45) is 3.57. The number of hydrogen-bond donors (Lipinski definition) is 1. The third kappa shape index (κ3) is 3.74. The Morgan fingerprint density at radius 1 is 1.31 bits per heavy atom. The van der Waals surface area contributed by atoms with Crippen molar-refractivity contribution in [3.8, 4) is 17.0 Å². The van der Waals surface area contributed by atoms with Gasteiger partial charge >= 0.3 is 0 Å². The van der Waals surface area contributed by atoms with Crippen molar-refractivity contribution in [2.45, 2.75) is 45.7 Å². The summed E-state index contributed by atoms with van der Waals surface area (Å²) in [5, 5.41) is 15.6. The predicted molar refractivity (Wildman–Crippen MR) is 109 cm³/mol. The van der Waals surface area contributed by atoms with Crippen LogP contribution in [-0.4, -0.2) is 48.9 Å². The summed E-state index contributed by atoms with van der Waals surface area (Å²) >= 11 is 0. The number of nitrogens with one attached hydrogen (secondary N) is 1. The summed E-state index contributed by atoms with van der Waals surface area (Å²) in [6.45, 7) is 7.46. The average Bonchev–Trinajstić information content (AvgIpc) is 3.47. The molecule has 29 heavy (non-hydrogen) atoms. The van der Waals surface area contributed by atoms with Gasteiger partial charge in [-0.25, -0.2) is 0 Å². The summed E-state index contributed by atoms with van der Waals surface area (Å²) in [5.41, 5.74) is 2.15. The number of likely N-dealkylation sites (tertiary alicyclic amines) is 1. The molecule has 2 aromatic heterocycles. The minimum atomic E-state index is -0.0652. The van der Waals surface area contributed by atoms with E-state index in [4.69, 9.17) is 4.74 Å². The van der Waals surface area contributed by atoms with Gasteiger partial charge in [-0.3, -0.25) is 9.89 Å². The highest BCUT2D eigenvalue weighted by atomic mass is 16.5. The number of aromatic amines is 1. The molecule has 3 aromatic rings. The molecule has 8 nitrogen and oxygen atoms in total. The van der Waals surface area contributed by atoms with Crippen LogP contribution < -0.4 is 4.74 Å². The normalized spacial score (nSPS) is 16.6. The number of hydrogen-bond acceptors (Lipinski definition) is 5. The van der Waals surface area contributed by atoms with E-state index in [0.717, 1.165) is 35.7 Å². The van der Waals surface area contributed by atoms with E-state index in [1.54, 1.807) is 12.4 Å². The van der Waals surface area contributed by atoms with E-state index >= 15 is 0 Å². The van der Waals surface area contributed by atoms with E-state index < -0.39 is 0 Å². The van der Waals surface area contributed by atoms with E-state index in [1.165, 1.54) is 0 Å². The Balaban J connectivity index is 1.54. The lowest BCUT2D eigenvalue weighted by Crippen LogP contribution is -2.32. The zero-order valence-electron chi connectivity index (χ0n) is 17.0. The molecule has 1 saturated heterocycles. The van der Waals surface area contributed by atoms with Crippen molar-refractivity contribution in [2.24, 2.45) is 0 Å². The van der Waals surface area contributed by atoms with Gasteiger partial charge in [-0.1, -0.05) is 0 Å². The van der Waals surface area contributed by atoms with E-state index in [0.29, 0.717) is 18.8 Å². The van der Waals surface area contributed by atoms with Crippen LogP contribution in [0.5, 0.6) is 5.75 Å². The largest absolute Gasteiger partial charge is 0.494 e. The van der Waals surface area contributed by atoms with E-state index in [1.807, 2.05) is 40.7 Å². The SMILES string of the molecule is CCOc1ccc(-c2cc(C(=O)N3CCCC3c3nncn3C(C)C)[nH]n2)cc1. The molecule has 1 aliphatic rings. The molecule has 1 aliphatic heterocycles. The Hall–Kier alpha value is -3.16. The van der Waals surface area contributed by atoms with Crippen LogP contribution in [0.15, 0.2) is 36.7 Å². The first-order chi connectivity index (χ1) is 14.1. The maximum Gasteiger partial charge on any atom is 0.272 e. The van der Waals surface area contributed by atoms with Crippen LogP contribution in [0, 0.1) is 0 Å². The Morgan fingerprint density at radius 2 is 2.10 bits per heavy atom. The molecular weight excluding hydrogens is 368 g/mol. The van der Waals surface area contributed by atoms with Crippen LogP contribution in [0.2, 0.25) is 0 Å².